The number of fused-ring (bicyclic) bond motifs is 1. The minimum Gasteiger partial charge on any atom is -0.379 e. The lowest BCUT2D eigenvalue weighted by atomic mass is 9.95. The van der Waals surface area contributed by atoms with Crippen molar-refractivity contribution in [1.29, 1.82) is 0 Å². The van der Waals surface area contributed by atoms with Gasteiger partial charge in [0.25, 0.3) is 0 Å². The Kier molecular flexibility index (Phi) is 6.64. The number of hydrogen-bond acceptors (Lipinski definition) is 7. The van der Waals surface area contributed by atoms with Crippen LogP contribution in [0.2, 0.25) is 0 Å². The van der Waals surface area contributed by atoms with Gasteiger partial charge in [-0.25, -0.2) is 15.0 Å². The van der Waals surface area contributed by atoms with Gasteiger partial charge >= 0.3 is 0 Å². The van der Waals surface area contributed by atoms with Crippen LogP contribution in [0.25, 0.3) is 22.6 Å². The van der Waals surface area contributed by atoms with Gasteiger partial charge in [0.2, 0.25) is 0 Å². The Hall–Kier alpha value is -2.84. The maximum atomic E-state index is 11.9. The van der Waals surface area contributed by atoms with Crippen LogP contribution < -0.4 is 5.32 Å². The molecule has 0 radical (unpaired) electrons. The van der Waals surface area contributed by atoms with Gasteiger partial charge in [0.05, 0.1) is 19.5 Å². The van der Waals surface area contributed by atoms with E-state index in [2.05, 4.69) is 14.8 Å². The minimum absolute atomic E-state index is 0.0361. The number of nitrogens with one attached hydrogen (secondary N) is 1. The number of imidazole rings is 1. The molecular weight excluding hydrogens is 416 g/mol. The van der Waals surface area contributed by atoms with Gasteiger partial charge in [0.15, 0.2) is 23.1 Å². The van der Waals surface area contributed by atoms with Crippen molar-refractivity contribution in [2.75, 3.05) is 44.7 Å². The summed E-state index contributed by atoms with van der Waals surface area (Å²) in [5.41, 5.74) is 3.19. The largest absolute Gasteiger partial charge is 0.379 e. The van der Waals surface area contributed by atoms with E-state index >= 15 is 0 Å². The first-order valence-electron chi connectivity index (χ1n) is 12.1. The third-order valence-electron chi connectivity index (χ3n) is 6.74. The van der Waals surface area contributed by atoms with Crippen LogP contribution in [0.15, 0.2) is 30.6 Å². The fourth-order valence-corrected chi connectivity index (χ4v) is 4.83. The highest BCUT2D eigenvalue weighted by Crippen LogP contribution is 2.32. The van der Waals surface area contributed by atoms with E-state index in [0.29, 0.717) is 17.4 Å². The summed E-state index contributed by atoms with van der Waals surface area (Å²) in [6, 6.07) is 7.99. The molecule has 174 valence electrons. The van der Waals surface area contributed by atoms with E-state index in [9.17, 15) is 4.79 Å². The monoisotopic (exact) mass is 448 g/mol. The first-order chi connectivity index (χ1) is 16.2. The molecule has 1 N–H and O–H groups in total. The summed E-state index contributed by atoms with van der Waals surface area (Å²) in [7, 11) is 0. The van der Waals surface area contributed by atoms with E-state index in [4.69, 9.17) is 19.7 Å². The second kappa shape index (κ2) is 9.97. The number of hydrogen-bond donors (Lipinski definition) is 1. The summed E-state index contributed by atoms with van der Waals surface area (Å²) in [6.07, 6.45) is 8.03. The van der Waals surface area contributed by atoms with Crippen molar-refractivity contribution in [2.24, 2.45) is 0 Å². The smallest absolute Gasteiger partial charge is 0.166 e. The third kappa shape index (κ3) is 4.91. The SMILES string of the molecule is CC(=O)c1cccc(-c2nc(NCCN3CCOCC3)c3ncn(C4CCCCC4)c3n2)c1. The Morgan fingerprint density at radius 1 is 1.15 bits per heavy atom. The highest BCUT2D eigenvalue weighted by molar-refractivity contribution is 5.95. The fourth-order valence-electron chi connectivity index (χ4n) is 4.83. The Morgan fingerprint density at radius 2 is 1.97 bits per heavy atom. The summed E-state index contributed by atoms with van der Waals surface area (Å²) in [5.74, 6) is 1.41. The molecule has 3 heterocycles. The molecule has 2 aromatic heterocycles. The highest BCUT2D eigenvalue weighted by atomic mass is 16.5. The summed E-state index contributed by atoms with van der Waals surface area (Å²) < 4.78 is 7.69. The first-order valence-corrected chi connectivity index (χ1v) is 12.1. The zero-order valence-corrected chi connectivity index (χ0v) is 19.3. The normalized spacial score (nSPS) is 18.0. The number of aromatic nitrogens is 4. The molecule has 8 nitrogen and oxygen atoms in total. The number of morpholine rings is 1. The molecule has 0 atom stereocenters. The number of ether oxygens (including phenoxy) is 1. The molecule has 0 spiro atoms. The van der Waals surface area contributed by atoms with Crippen LogP contribution in [0, 0.1) is 0 Å². The lowest BCUT2D eigenvalue weighted by Gasteiger charge is -2.26. The third-order valence-corrected chi connectivity index (χ3v) is 6.74. The Morgan fingerprint density at radius 3 is 2.76 bits per heavy atom. The molecule has 3 aromatic rings. The number of rotatable bonds is 7. The van der Waals surface area contributed by atoms with Gasteiger partial charge in [-0.3, -0.25) is 9.69 Å². The average Bonchev–Trinajstić information content (AvgIpc) is 3.29. The van der Waals surface area contributed by atoms with E-state index in [-0.39, 0.29) is 5.78 Å². The van der Waals surface area contributed by atoms with Crippen molar-refractivity contribution in [3.8, 4) is 11.4 Å². The molecular formula is C25H32N6O2. The zero-order valence-electron chi connectivity index (χ0n) is 19.3. The average molecular weight is 449 g/mol. The molecule has 0 unspecified atom stereocenters. The van der Waals surface area contributed by atoms with Gasteiger partial charge in [0, 0.05) is 43.3 Å². The molecule has 1 saturated heterocycles. The molecule has 1 aliphatic carbocycles. The van der Waals surface area contributed by atoms with Crippen molar-refractivity contribution < 1.29 is 9.53 Å². The summed E-state index contributed by atoms with van der Waals surface area (Å²) in [4.78, 5) is 28.9. The molecule has 0 bridgehead atoms. The summed E-state index contributed by atoms with van der Waals surface area (Å²) >= 11 is 0. The molecule has 0 amide bonds. The second-order valence-electron chi connectivity index (χ2n) is 9.03. The highest BCUT2D eigenvalue weighted by Gasteiger charge is 2.21. The molecule has 33 heavy (non-hydrogen) atoms. The van der Waals surface area contributed by atoms with Crippen LogP contribution in [-0.4, -0.2) is 69.6 Å². The number of benzene rings is 1. The number of anilines is 1. The quantitative estimate of drug-likeness (QED) is 0.548. The zero-order chi connectivity index (χ0) is 22.6. The fraction of sp³-hybridized carbons (Fsp3) is 0.520. The van der Waals surface area contributed by atoms with Gasteiger partial charge in [-0.05, 0) is 25.8 Å². The lowest BCUT2D eigenvalue weighted by Crippen LogP contribution is -2.39. The number of carbonyl (C=O) groups excluding carboxylic acids is 1. The van der Waals surface area contributed by atoms with Crippen LogP contribution in [0.4, 0.5) is 5.82 Å². The van der Waals surface area contributed by atoms with Crippen molar-refractivity contribution >= 4 is 22.8 Å². The molecule has 1 aliphatic heterocycles. The standard InChI is InChI=1S/C25H32N6O2/c1-18(32)19-6-5-7-20(16-19)23-28-24(26-10-11-30-12-14-33-15-13-30)22-25(29-23)31(17-27-22)21-8-3-2-4-9-21/h5-7,16-17,21H,2-4,8-15H2,1H3,(H,26,28,29). The maximum absolute atomic E-state index is 11.9. The predicted octanol–water partition coefficient (Wildman–Crippen LogP) is 3.95. The molecule has 2 aliphatic rings. The van der Waals surface area contributed by atoms with Gasteiger partial charge in [0.1, 0.15) is 5.52 Å². The summed E-state index contributed by atoms with van der Waals surface area (Å²) in [5, 5.41) is 3.52. The van der Waals surface area contributed by atoms with Crippen LogP contribution in [0.1, 0.15) is 55.4 Å². The topological polar surface area (TPSA) is 85.2 Å². The predicted molar refractivity (Wildman–Crippen MR) is 129 cm³/mol. The molecule has 1 aromatic carbocycles. The Labute approximate surface area is 194 Å². The van der Waals surface area contributed by atoms with Crippen LogP contribution in [0.5, 0.6) is 0 Å². The second-order valence-corrected chi connectivity index (χ2v) is 9.03. The van der Waals surface area contributed by atoms with Crippen molar-refractivity contribution in [3.05, 3.63) is 36.2 Å². The Balaban J connectivity index is 1.49. The van der Waals surface area contributed by atoms with Crippen molar-refractivity contribution in [2.45, 2.75) is 45.1 Å². The molecule has 1 saturated carbocycles. The number of Topliss-reactive ketones (excluding diaryl/α,β-unsaturated/α-hetero) is 1. The number of ketones is 1. The molecule has 2 fully saturated rings. The Bertz CT molecular complexity index is 1120. The minimum atomic E-state index is 0.0361. The van der Waals surface area contributed by atoms with Gasteiger partial charge in [-0.2, -0.15) is 0 Å². The summed E-state index contributed by atoms with van der Waals surface area (Å²) in [6.45, 7) is 6.78. The van der Waals surface area contributed by atoms with Crippen molar-refractivity contribution in [1.82, 2.24) is 24.4 Å². The van der Waals surface area contributed by atoms with E-state index in [1.807, 2.05) is 30.6 Å². The van der Waals surface area contributed by atoms with Crippen LogP contribution >= 0.6 is 0 Å². The van der Waals surface area contributed by atoms with Crippen molar-refractivity contribution in [3.63, 3.8) is 0 Å². The number of carbonyl (C=O) groups is 1. The van der Waals surface area contributed by atoms with Crippen LogP contribution in [0.3, 0.4) is 0 Å². The van der Waals surface area contributed by atoms with Gasteiger partial charge < -0.3 is 14.6 Å². The first kappa shape index (κ1) is 22.0. The van der Waals surface area contributed by atoms with E-state index in [1.54, 1.807) is 6.92 Å². The lowest BCUT2D eigenvalue weighted by molar-refractivity contribution is 0.0398. The number of nitrogens with zero attached hydrogens (tertiary/aromatic N) is 5. The van der Waals surface area contributed by atoms with Gasteiger partial charge in [-0.15, -0.1) is 0 Å². The molecule has 5 rings (SSSR count). The molecule has 8 heteroatoms. The van der Waals surface area contributed by atoms with Gasteiger partial charge in [-0.1, -0.05) is 37.5 Å². The van der Waals surface area contributed by atoms with E-state index in [1.165, 1.54) is 19.3 Å². The maximum Gasteiger partial charge on any atom is 0.166 e. The van der Waals surface area contributed by atoms with E-state index in [0.717, 1.165) is 74.8 Å². The van der Waals surface area contributed by atoms with Crippen LogP contribution in [-0.2, 0) is 4.74 Å². The van der Waals surface area contributed by atoms with E-state index < -0.39 is 0 Å².